The molecule has 0 amide bonds. The molecule has 0 fully saturated rings. The summed E-state index contributed by atoms with van der Waals surface area (Å²) in [6.45, 7) is 4.46. The highest BCUT2D eigenvalue weighted by atomic mass is 14.9. The zero-order valence-electron chi connectivity index (χ0n) is 11.7. The van der Waals surface area contributed by atoms with Crippen molar-refractivity contribution in [3.05, 3.63) is 70.8 Å². The van der Waals surface area contributed by atoms with Gasteiger partial charge in [-0.1, -0.05) is 48.5 Å². The summed E-state index contributed by atoms with van der Waals surface area (Å²) in [5.41, 5.74) is 5.81. The fourth-order valence-corrected chi connectivity index (χ4v) is 3.19. The lowest BCUT2D eigenvalue weighted by Gasteiger charge is -2.21. The predicted octanol–water partition coefficient (Wildman–Crippen LogP) is 3.81. The summed E-state index contributed by atoms with van der Waals surface area (Å²) in [6.07, 6.45) is 2.32. The van der Waals surface area contributed by atoms with Gasteiger partial charge >= 0.3 is 0 Å². The summed E-state index contributed by atoms with van der Waals surface area (Å²) in [5, 5.41) is 3.78. The van der Waals surface area contributed by atoms with Crippen LogP contribution in [0.5, 0.6) is 0 Å². The highest BCUT2D eigenvalue weighted by Gasteiger charge is 2.22. The van der Waals surface area contributed by atoms with Gasteiger partial charge in [-0.2, -0.15) is 0 Å². The van der Waals surface area contributed by atoms with Gasteiger partial charge < -0.3 is 5.32 Å². The molecule has 1 aliphatic rings. The zero-order chi connectivity index (χ0) is 13.2. The molecule has 0 saturated heterocycles. The average molecular weight is 251 g/mol. The first-order chi connectivity index (χ1) is 9.24. The average Bonchev–Trinajstić information content (AvgIpc) is 2.81. The largest absolute Gasteiger partial charge is 0.307 e. The first-order valence-corrected chi connectivity index (χ1v) is 7.12. The van der Waals surface area contributed by atoms with Crippen LogP contribution in [0.1, 0.15) is 35.2 Å². The van der Waals surface area contributed by atoms with Gasteiger partial charge in [0.2, 0.25) is 0 Å². The van der Waals surface area contributed by atoms with E-state index in [1.54, 1.807) is 0 Å². The van der Waals surface area contributed by atoms with E-state index in [1.807, 2.05) is 0 Å². The summed E-state index contributed by atoms with van der Waals surface area (Å²) >= 11 is 0. The summed E-state index contributed by atoms with van der Waals surface area (Å²) < 4.78 is 0. The Kier molecular flexibility index (Phi) is 3.39. The Morgan fingerprint density at radius 1 is 0.947 bits per heavy atom. The highest BCUT2D eigenvalue weighted by Crippen LogP contribution is 2.25. The van der Waals surface area contributed by atoms with Crippen molar-refractivity contribution >= 4 is 0 Å². The molecule has 0 spiro atoms. The van der Waals surface area contributed by atoms with Gasteiger partial charge in [-0.15, -0.1) is 0 Å². The van der Waals surface area contributed by atoms with E-state index in [0.29, 0.717) is 12.1 Å². The van der Waals surface area contributed by atoms with Gasteiger partial charge in [-0.25, -0.2) is 0 Å². The highest BCUT2D eigenvalue weighted by molar-refractivity contribution is 5.34. The third-order valence-electron chi connectivity index (χ3n) is 4.19. The van der Waals surface area contributed by atoms with Crippen LogP contribution in [0.4, 0.5) is 0 Å². The van der Waals surface area contributed by atoms with Crippen LogP contribution >= 0.6 is 0 Å². The summed E-state index contributed by atoms with van der Waals surface area (Å²) in [6, 6.07) is 18.5. The van der Waals surface area contributed by atoms with Crippen LogP contribution in [-0.2, 0) is 12.8 Å². The van der Waals surface area contributed by atoms with E-state index in [2.05, 4.69) is 67.7 Å². The predicted molar refractivity (Wildman–Crippen MR) is 80.4 cm³/mol. The van der Waals surface area contributed by atoms with Gasteiger partial charge in [-0.3, -0.25) is 0 Å². The Morgan fingerprint density at radius 3 is 2.16 bits per heavy atom. The van der Waals surface area contributed by atoms with Crippen molar-refractivity contribution in [3.8, 4) is 0 Å². The van der Waals surface area contributed by atoms with Gasteiger partial charge in [0.15, 0.2) is 0 Å². The smallest absolute Gasteiger partial charge is 0.0297 e. The molecule has 2 aromatic carbocycles. The summed E-state index contributed by atoms with van der Waals surface area (Å²) in [5.74, 6) is 0. The molecule has 2 aromatic rings. The second-order valence-electron chi connectivity index (χ2n) is 5.62. The fourth-order valence-electron chi connectivity index (χ4n) is 3.19. The Morgan fingerprint density at radius 2 is 1.53 bits per heavy atom. The molecule has 0 aliphatic heterocycles. The maximum Gasteiger partial charge on any atom is 0.0297 e. The number of benzene rings is 2. The maximum absolute atomic E-state index is 3.78. The molecule has 3 rings (SSSR count). The van der Waals surface area contributed by atoms with Crippen molar-refractivity contribution in [2.75, 3.05) is 0 Å². The van der Waals surface area contributed by atoms with Gasteiger partial charge in [0, 0.05) is 12.1 Å². The van der Waals surface area contributed by atoms with E-state index in [4.69, 9.17) is 0 Å². The lowest BCUT2D eigenvalue weighted by atomic mass is 10.0. The van der Waals surface area contributed by atoms with Gasteiger partial charge in [0.25, 0.3) is 0 Å². The Hall–Kier alpha value is -1.60. The second kappa shape index (κ2) is 5.18. The molecular formula is C18H21N. The van der Waals surface area contributed by atoms with E-state index >= 15 is 0 Å². The molecule has 1 nitrogen and oxygen atoms in total. The number of rotatable bonds is 3. The monoisotopic (exact) mass is 251 g/mol. The van der Waals surface area contributed by atoms with Crippen LogP contribution in [0.25, 0.3) is 0 Å². The number of hydrogen-bond donors (Lipinski definition) is 1. The number of nitrogens with one attached hydrogen (secondary N) is 1. The topological polar surface area (TPSA) is 12.0 Å². The quantitative estimate of drug-likeness (QED) is 0.874. The van der Waals surface area contributed by atoms with E-state index in [0.717, 1.165) is 12.8 Å². The maximum atomic E-state index is 3.78. The van der Waals surface area contributed by atoms with Crippen LogP contribution in [0, 0.1) is 6.92 Å². The molecule has 1 atom stereocenters. The van der Waals surface area contributed by atoms with Gasteiger partial charge in [-0.05, 0) is 48.9 Å². The van der Waals surface area contributed by atoms with Crippen molar-refractivity contribution in [3.63, 3.8) is 0 Å². The van der Waals surface area contributed by atoms with Crippen LogP contribution in [0.15, 0.2) is 48.5 Å². The molecule has 98 valence electrons. The molecule has 0 bridgehead atoms. The summed E-state index contributed by atoms with van der Waals surface area (Å²) in [4.78, 5) is 0. The van der Waals surface area contributed by atoms with Crippen molar-refractivity contribution in [1.82, 2.24) is 5.32 Å². The zero-order valence-corrected chi connectivity index (χ0v) is 11.7. The fraction of sp³-hybridized carbons (Fsp3) is 0.333. The molecule has 1 aliphatic carbocycles. The van der Waals surface area contributed by atoms with E-state index < -0.39 is 0 Å². The van der Waals surface area contributed by atoms with Gasteiger partial charge in [0.05, 0.1) is 0 Å². The SMILES string of the molecule is Cc1ccccc1[C@@H](C)NC1Cc2ccccc2C1. The Balaban J connectivity index is 1.69. The van der Waals surface area contributed by atoms with Crippen molar-refractivity contribution < 1.29 is 0 Å². The number of hydrogen-bond acceptors (Lipinski definition) is 1. The molecule has 1 N–H and O–H groups in total. The van der Waals surface area contributed by atoms with Crippen LogP contribution in [0.3, 0.4) is 0 Å². The molecule has 0 radical (unpaired) electrons. The van der Waals surface area contributed by atoms with Crippen molar-refractivity contribution in [1.29, 1.82) is 0 Å². The van der Waals surface area contributed by atoms with Crippen LogP contribution in [-0.4, -0.2) is 6.04 Å². The molecule has 0 unspecified atom stereocenters. The first kappa shape index (κ1) is 12.4. The Labute approximate surface area is 115 Å². The van der Waals surface area contributed by atoms with E-state index in [-0.39, 0.29) is 0 Å². The third-order valence-corrected chi connectivity index (χ3v) is 4.19. The lowest BCUT2D eigenvalue weighted by Crippen LogP contribution is -2.32. The minimum atomic E-state index is 0.417. The number of aryl methyl sites for hydroxylation is 1. The minimum absolute atomic E-state index is 0.417. The standard InChI is InChI=1S/C18H21N/c1-13-7-3-6-10-18(13)14(2)19-17-11-15-8-4-5-9-16(15)12-17/h3-10,14,17,19H,11-12H2,1-2H3/t14-/m1/s1. The molecule has 19 heavy (non-hydrogen) atoms. The van der Waals surface area contributed by atoms with Gasteiger partial charge in [0.1, 0.15) is 0 Å². The minimum Gasteiger partial charge on any atom is -0.307 e. The molecule has 1 heteroatoms. The summed E-state index contributed by atoms with van der Waals surface area (Å²) in [7, 11) is 0. The molecule has 0 aromatic heterocycles. The third kappa shape index (κ3) is 2.57. The van der Waals surface area contributed by atoms with Crippen LogP contribution in [0.2, 0.25) is 0 Å². The van der Waals surface area contributed by atoms with E-state index in [1.165, 1.54) is 22.3 Å². The van der Waals surface area contributed by atoms with Crippen LogP contribution < -0.4 is 5.32 Å². The van der Waals surface area contributed by atoms with Crippen molar-refractivity contribution in [2.24, 2.45) is 0 Å². The normalized spacial score (nSPS) is 16.3. The molecular weight excluding hydrogens is 230 g/mol. The Bertz CT molecular complexity index is 548. The lowest BCUT2D eigenvalue weighted by molar-refractivity contribution is 0.466. The molecule has 0 heterocycles. The first-order valence-electron chi connectivity index (χ1n) is 7.12. The van der Waals surface area contributed by atoms with Crippen molar-refractivity contribution in [2.45, 2.75) is 38.8 Å². The van der Waals surface area contributed by atoms with E-state index in [9.17, 15) is 0 Å². The molecule has 0 saturated carbocycles. The number of fused-ring (bicyclic) bond motifs is 1. The second-order valence-corrected chi connectivity index (χ2v) is 5.62.